The zero-order chi connectivity index (χ0) is 26.0. The molecule has 1 aliphatic rings. The van der Waals surface area contributed by atoms with Crippen LogP contribution in [0.15, 0.2) is 109 Å². The molecule has 0 radical (unpaired) electrons. The van der Waals surface area contributed by atoms with E-state index in [9.17, 15) is 9.59 Å². The van der Waals surface area contributed by atoms with Crippen LogP contribution in [-0.4, -0.2) is 16.4 Å². The monoisotopic (exact) mass is 492 g/mol. The summed E-state index contributed by atoms with van der Waals surface area (Å²) in [5, 5.41) is 2.26. The van der Waals surface area contributed by atoms with Gasteiger partial charge in [-0.05, 0) is 48.7 Å². The smallest absolute Gasteiger partial charge is 0.268 e. The third-order valence-electron chi connectivity index (χ3n) is 7.58. The predicted octanol–water partition coefficient (Wildman–Crippen LogP) is 7.87. The number of amides is 2. The van der Waals surface area contributed by atoms with Crippen LogP contribution < -0.4 is 4.90 Å². The first-order valence-electron chi connectivity index (χ1n) is 12.7. The molecule has 38 heavy (non-hydrogen) atoms. The fourth-order valence-corrected chi connectivity index (χ4v) is 5.90. The quantitative estimate of drug-likeness (QED) is 0.236. The minimum atomic E-state index is -0.304. The lowest BCUT2D eigenvalue weighted by Gasteiger charge is -2.19. The van der Waals surface area contributed by atoms with E-state index in [0.29, 0.717) is 16.8 Å². The van der Waals surface area contributed by atoms with Crippen LogP contribution >= 0.6 is 0 Å². The molecule has 0 atom stereocenters. The van der Waals surface area contributed by atoms with Crippen molar-refractivity contribution in [3.8, 4) is 16.8 Å². The summed E-state index contributed by atoms with van der Waals surface area (Å²) in [5.41, 5.74) is 8.29. The number of fused-ring (bicyclic) bond motifs is 4. The summed E-state index contributed by atoms with van der Waals surface area (Å²) in [7, 11) is 0. The molecule has 0 aliphatic carbocycles. The second kappa shape index (κ2) is 8.29. The Kier molecular flexibility index (Phi) is 4.85. The van der Waals surface area contributed by atoms with Gasteiger partial charge in [-0.15, -0.1) is 0 Å². The minimum Gasteiger partial charge on any atom is -0.308 e. The van der Waals surface area contributed by atoms with Crippen LogP contribution in [0.1, 0.15) is 31.8 Å². The number of imide groups is 1. The molecule has 1 aliphatic heterocycles. The van der Waals surface area contributed by atoms with Crippen molar-refractivity contribution in [3.05, 3.63) is 131 Å². The Morgan fingerprint density at radius 1 is 0.500 bits per heavy atom. The SMILES string of the molecule is Cc1cccc2c3cccc(C)c3n(-c3cccc4c3C(=O)N(c3ccccc3-c3ccccc3)C4=O)c12. The second-order valence-electron chi connectivity index (χ2n) is 9.81. The highest BCUT2D eigenvalue weighted by Crippen LogP contribution is 2.41. The highest BCUT2D eigenvalue weighted by atomic mass is 16.2. The van der Waals surface area contributed by atoms with Crippen molar-refractivity contribution in [1.29, 1.82) is 0 Å². The Labute approximate surface area is 220 Å². The molecular weight excluding hydrogens is 468 g/mol. The molecule has 6 aromatic rings. The molecule has 0 saturated heterocycles. The summed E-state index contributed by atoms with van der Waals surface area (Å²) >= 11 is 0. The lowest BCUT2D eigenvalue weighted by Crippen LogP contribution is -2.30. The number of benzene rings is 5. The highest BCUT2D eigenvalue weighted by molar-refractivity contribution is 6.36. The summed E-state index contributed by atoms with van der Waals surface area (Å²) in [4.78, 5) is 29.4. The molecular formula is C34H24N2O2. The average Bonchev–Trinajstić information content (AvgIpc) is 3.42. The lowest BCUT2D eigenvalue weighted by atomic mass is 10.0. The third-order valence-corrected chi connectivity index (χ3v) is 7.58. The van der Waals surface area contributed by atoms with E-state index in [-0.39, 0.29) is 11.8 Å². The van der Waals surface area contributed by atoms with E-state index in [4.69, 9.17) is 0 Å². The van der Waals surface area contributed by atoms with E-state index < -0.39 is 0 Å². The normalized spacial score (nSPS) is 13.1. The summed E-state index contributed by atoms with van der Waals surface area (Å²) in [6.45, 7) is 4.18. The molecule has 2 heterocycles. The first kappa shape index (κ1) is 22.3. The van der Waals surface area contributed by atoms with Crippen LogP contribution in [0.3, 0.4) is 0 Å². The first-order chi connectivity index (χ1) is 18.6. The Balaban J connectivity index is 1.50. The number of hydrogen-bond donors (Lipinski definition) is 0. The van der Waals surface area contributed by atoms with Gasteiger partial charge in [-0.1, -0.05) is 91.0 Å². The second-order valence-corrected chi connectivity index (χ2v) is 9.81. The van der Waals surface area contributed by atoms with Gasteiger partial charge in [0.15, 0.2) is 0 Å². The molecule has 0 saturated carbocycles. The molecule has 4 nitrogen and oxygen atoms in total. The zero-order valence-electron chi connectivity index (χ0n) is 21.1. The van der Waals surface area contributed by atoms with Gasteiger partial charge < -0.3 is 4.57 Å². The maximum absolute atomic E-state index is 14.2. The van der Waals surface area contributed by atoms with Crippen molar-refractivity contribution in [2.75, 3.05) is 4.90 Å². The van der Waals surface area contributed by atoms with Gasteiger partial charge >= 0.3 is 0 Å². The van der Waals surface area contributed by atoms with E-state index in [2.05, 4.69) is 54.8 Å². The van der Waals surface area contributed by atoms with Gasteiger partial charge in [0.1, 0.15) is 0 Å². The summed E-state index contributed by atoms with van der Waals surface area (Å²) in [6, 6.07) is 35.6. The lowest BCUT2D eigenvalue weighted by molar-refractivity contribution is 0.0926. The highest BCUT2D eigenvalue weighted by Gasteiger charge is 2.40. The molecule has 0 spiro atoms. The van der Waals surface area contributed by atoms with Gasteiger partial charge in [-0.2, -0.15) is 0 Å². The van der Waals surface area contributed by atoms with Crippen molar-refractivity contribution < 1.29 is 9.59 Å². The van der Waals surface area contributed by atoms with Crippen LogP contribution in [0.4, 0.5) is 5.69 Å². The summed E-state index contributed by atoms with van der Waals surface area (Å²) in [6.07, 6.45) is 0. The largest absolute Gasteiger partial charge is 0.308 e. The van der Waals surface area contributed by atoms with Crippen LogP contribution in [-0.2, 0) is 0 Å². The van der Waals surface area contributed by atoms with Crippen molar-refractivity contribution in [1.82, 2.24) is 4.57 Å². The number of aryl methyl sites for hydroxylation is 2. The van der Waals surface area contributed by atoms with E-state index in [1.807, 2.05) is 66.7 Å². The maximum Gasteiger partial charge on any atom is 0.268 e. The van der Waals surface area contributed by atoms with E-state index in [1.165, 1.54) is 4.90 Å². The topological polar surface area (TPSA) is 42.3 Å². The standard InChI is InChI=1S/C34H24N2O2/c1-21-11-8-16-25-26-17-9-12-22(2)32(26)35(31(21)25)29-20-10-18-27-30(29)34(38)36(33(27)37)28-19-7-6-15-24(28)23-13-4-3-5-14-23/h3-20H,1-2H3. The van der Waals surface area contributed by atoms with E-state index in [0.717, 1.165) is 49.7 Å². The van der Waals surface area contributed by atoms with Gasteiger partial charge in [0.2, 0.25) is 0 Å². The minimum absolute atomic E-state index is 0.301. The Morgan fingerprint density at radius 3 is 1.74 bits per heavy atom. The number of carbonyl (C=O) groups excluding carboxylic acids is 2. The molecule has 5 aromatic carbocycles. The van der Waals surface area contributed by atoms with Gasteiger partial charge in [0.25, 0.3) is 11.8 Å². The fraction of sp³-hybridized carbons (Fsp3) is 0.0588. The number of nitrogens with zero attached hydrogens (tertiary/aromatic N) is 2. The van der Waals surface area contributed by atoms with Crippen molar-refractivity contribution >= 4 is 39.3 Å². The van der Waals surface area contributed by atoms with E-state index in [1.54, 1.807) is 6.07 Å². The van der Waals surface area contributed by atoms with Gasteiger partial charge in [-0.3, -0.25) is 9.59 Å². The summed E-state index contributed by atoms with van der Waals surface area (Å²) in [5.74, 6) is -0.606. The molecule has 0 unspecified atom stereocenters. The number of carbonyl (C=O) groups is 2. The first-order valence-corrected chi connectivity index (χ1v) is 12.7. The Hall–Kier alpha value is -4.96. The molecule has 7 rings (SSSR count). The number of anilines is 1. The van der Waals surface area contributed by atoms with Crippen LogP contribution in [0.5, 0.6) is 0 Å². The van der Waals surface area contributed by atoms with Gasteiger partial charge in [0, 0.05) is 16.3 Å². The Morgan fingerprint density at radius 2 is 1.05 bits per heavy atom. The molecule has 0 fully saturated rings. The molecule has 0 bridgehead atoms. The summed E-state index contributed by atoms with van der Waals surface area (Å²) < 4.78 is 2.17. The maximum atomic E-state index is 14.2. The number of aromatic nitrogens is 1. The van der Waals surface area contributed by atoms with Crippen LogP contribution in [0.25, 0.3) is 38.6 Å². The number of hydrogen-bond acceptors (Lipinski definition) is 2. The van der Waals surface area contributed by atoms with Gasteiger partial charge in [0.05, 0.1) is 33.5 Å². The van der Waals surface area contributed by atoms with Crippen LogP contribution in [0.2, 0.25) is 0 Å². The third kappa shape index (κ3) is 3.04. The Bertz CT molecular complexity index is 1870. The zero-order valence-corrected chi connectivity index (χ0v) is 21.1. The van der Waals surface area contributed by atoms with Crippen molar-refractivity contribution in [2.24, 2.45) is 0 Å². The van der Waals surface area contributed by atoms with Crippen molar-refractivity contribution in [3.63, 3.8) is 0 Å². The molecule has 1 aromatic heterocycles. The van der Waals surface area contributed by atoms with Gasteiger partial charge in [-0.25, -0.2) is 4.90 Å². The number of rotatable bonds is 3. The average molecular weight is 493 g/mol. The predicted molar refractivity (Wildman–Crippen MR) is 153 cm³/mol. The van der Waals surface area contributed by atoms with Crippen molar-refractivity contribution in [2.45, 2.75) is 13.8 Å². The molecule has 182 valence electrons. The van der Waals surface area contributed by atoms with Crippen LogP contribution in [0, 0.1) is 13.8 Å². The molecule has 0 N–H and O–H groups in total. The van der Waals surface area contributed by atoms with E-state index >= 15 is 0 Å². The molecule has 4 heteroatoms. The number of para-hydroxylation sites is 3. The molecule has 2 amide bonds. The fourth-order valence-electron chi connectivity index (χ4n) is 5.90.